The maximum Gasteiger partial charge on any atom is 0.193 e. The predicted octanol–water partition coefficient (Wildman–Crippen LogP) is 3.33. The highest BCUT2D eigenvalue weighted by Crippen LogP contribution is 2.42. The number of anilines is 1. The number of aliphatic imine (C=N–C) groups is 1. The average Bonchev–Trinajstić information content (AvgIpc) is 2.39. The van der Waals surface area contributed by atoms with Gasteiger partial charge in [-0.3, -0.25) is 4.99 Å². The monoisotopic (exact) mass is 407 g/mol. The molecule has 1 fully saturated rings. The summed E-state index contributed by atoms with van der Waals surface area (Å²) in [5.74, 6) is 1.31. The number of nitrogens with one attached hydrogen (secondary N) is 1. The third-order valence-corrected chi connectivity index (χ3v) is 5.00. The van der Waals surface area contributed by atoms with Gasteiger partial charge in [0.05, 0.1) is 13.7 Å². The number of methoxy groups -OCH3 is 1. The van der Waals surface area contributed by atoms with Crippen molar-refractivity contribution in [2.24, 2.45) is 10.7 Å². The van der Waals surface area contributed by atoms with E-state index in [1.54, 1.807) is 7.11 Å². The number of benzene rings is 1. The first-order valence-corrected chi connectivity index (χ1v) is 7.66. The molecule has 0 aromatic heterocycles. The number of ether oxygens (including phenoxy) is 1. The Balaban J connectivity index is 0.00000200. The van der Waals surface area contributed by atoms with Crippen molar-refractivity contribution in [2.75, 3.05) is 25.2 Å². The molecule has 0 radical (unpaired) electrons. The van der Waals surface area contributed by atoms with Gasteiger partial charge in [-0.1, -0.05) is 6.42 Å². The van der Waals surface area contributed by atoms with Crippen LogP contribution in [0.5, 0.6) is 5.75 Å². The molecule has 20 heavy (non-hydrogen) atoms. The Labute approximate surface area is 142 Å². The second kappa shape index (κ2) is 7.97. The minimum atomic E-state index is 0. The molecule has 0 amide bonds. The normalized spacial score (nSPS) is 16.8. The molecule has 0 aliphatic heterocycles. The van der Waals surface area contributed by atoms with E-state index in [-0.39, 0.29) is 24.0 Å². The quantitative estimate of drug-likeness (QED) is 0.447. The molecule has 6 heteroatoms. The van der Waals surface area contributed by atoms with Gasteiger partial charge >= 0.3 is 0 Å². The van der Waals surface area contributed by atoms with Gasteiger partial charge in [-0.2, -0.15) is 11.8 Å². The van der Waals surface area contributed by atoms with Crippen molar-refractivity contribution in [1.82, 2.24) is 0 Å². The summed E-state index contributed by atoms with van der Waals surface area (Å²) >= 11 is 1.91. The Morgan fingerprint density at radius 2 is 2.05 bits per heavy atom. The Morgan fingerprint density at radius 1 is 1.40 bits per heavy atom. The number of halogens is 1. The maximum atomic E-state index is 5.92. The molecular formula is C14H22IN3OS. The van der Waals surface area contributed by atoms with Crippen molar-refractivity contribution < 1.29 is 4.74 Å². The van der Waals surface area contributed by atoms with Crippen LogP contribution in [0.25, 0.3) is 0 Å². The highest BCUT2D eigenvalue weighted by molar-refractivity contribution is 14.0. The SMILES string of the molecule is COc1ccc(NC(N)=NCC2(SC)CCC2)cc1.I. The molecule has 1 aliphatic carbocycles. The van der Waals surface area contributed by atoms with Crippen LogP contribution in [-0.4, -0.2) is 30.6 Å². The molecule has 0 saturated heterocycles. The van der Waals surface area contributed by atoms with Crippen LogP contribution in [0.15, 0.2) is 29.3 Å². The van der Waals surface area contributed by atoms with Gasteiger partial charge in [0.25, 0.3) is 0 Å². The molecule has 1 saturated carbocycles. The first-order chi connectivity index (χ1) is 9.17. The van der Waals surface area contributed by atoms with Crippen molar-refractivity contribution >= 4 is 47.4 Å². The minimum absolute atomic E-state index is 0. The maximum absolute atomic E-state index is 5.92. The van der Waals surface area contributed by atoms with E-state index in [1.807, 2.05) is 36.0 Å². The Morgan fingerprint density at radius 3 is 2.50 bits per heavy atom. The molecule has 1 aromatic rings. The Bertz CT molecular complexity index is 441. The largest absolute Gasteiger partial charge is 0.497 e. The summed E-state index contributed by atoms with van der Waals surface area (Å²) in [6, 6.07) is 7.64. The van der Waals surface area contributed by atoms with Gasteiger partial charge in [0.2, 0.25) is 0 Å². The standard InChI is InChI=1S/C14H21N3OS.HI/c1-18-12-6-4-11(5-7-12)17-13(15)16-10-14(19-2)8-3-9-14;/h4-7H,3,8-10H2,1-2H3,(H3,15,16,17);1H. The molecule has 4 nitrogen and oxygen atoms in total. The van der Waals surface area contributed by atoms with E-state index in [2.05, 4.69) is 16.6 Å². The number of nitrogens with zero attached hydrogens (tertiary/aromatic N) is 1. The number of hydrogen-bond donors (Lipinski definition) is 2. The molecule has 2 rings (SSSR count). The van der Waals surface area contributed by atoms with E-state index in [1.165, 1.54) is 19.3 Å². The third kappa shape index (κ3) is 4.44. The number of rotatable bonds is 5. The summed E-state index contributed by atoms with van der Waals surface area (Å²) in [5, 5.41) is 3.10. The molecule has 1 aliphatic rings. The lowest BCUT2D eigenvalue weighted by Gasteiger charge is -2.39. The van der Waals surface area contributed by atoms with Gasteiger partial charge in [0, 0.05) is 10.4 Å². The van der Waals surface area contributed by atoms with Gasteiger partial charge in [-0.05, 0) is 43.4 Å². The van der Waals surface area contributed by atoms with Crippen LogP contribution in [-0.2, 0) is 0 Å². The molecule has 0 spiro atoms. The Kier molecular flexibility index (Phi) is 6.94. The van der Waals surface area contributed by atoms with Crippen molar-refractivity contribution in [3.8, 4) is 5.75 Å². The van der Waals surface area contributed by atoms with Crippen LogP contribution in [0, 0.1) is 0 Å². The summed E-state index contributed by atoms with van der Waals surface area (Å²) in [4.78, 5) is 4.46. The summed E-state index contributed by atoms with van der Waals surface area (Å²) in [6.07, 6.45) is 5.95. The topological polar surface area (TPSA) is 59.6 Å². The van der Waals surface area contributed by atoms with E-state index < -0.39 is 0 Å². The lowest BCUT2D eigenvalue weighted by atomic mass is 9.84. The lowest BCUT2D eigenvalue weighted by molar-refractivity contribution is 0.372. The zero-order valence-electron chi connectivity index (χ0n) is 11.9. The molecule has 0 unspecified atom stereocenters. The lowest BCUT2D eigenvalue weighted by Crippen LogP contribution is -2.37. The summed E-state index contributed by atoms with van der Waals surface area (Å²) in [5.41, 5.74) is 6.84. The number of nitrogens with two attached hydrogens (primary N) is 1. The molecule has 3 N–H and O–H groups in total. The number of hydrogen-bond acceptors (Lipinski definition) is 3. The molecular weight excluding hydrogens is 385 g/mol. The molecule has 1 aromatic carbocycles. The van der Waals surface area contributed by atoms with Gasteiger partial charge in [-0.15, -0.1) is 24.0 Å². The molecule has 0 heterocycles. The number of guanidine groups is 1. The highest BCUT2D eigenvalue weighted by Gasteiger charge is 2.35. The molecule has 112 valence electrons. The van der Waals surface area contributed by atoms with E-state index in [0.717, 1.165) is 18.0 Å². The second-order valence-electron chi connectivity index (χ2n) is 4.80. The summed E-state index contributed by atoms with van der Waals surface area (Å²) in [7, 11) is 1.65. The van der Waals surface area contributed by atoms with Gasteiger partial charge in [0.1, 0.15) is 5.75 Å². The van der Waals surface area contributed by atoms with Crippen LogP contribution >= 0.6 is 35.7 Å². The highest BCUT2D eigenvalue weighted by atomic mass is 127. The van der Waals surface area contributed by atoms with E-state index in [9.17, 15) is 0 Å². The molecule has 0 bridgehead atoms. The third-order valence-electron chi connectivity index (χ3n) is 3.60. The van der Waals surface area contributed by atoms with Crippen LogP contribution in [0.4, 0.5) is 5.69 Å². The second-order valence-corrected chi connectivity index (χ2v) is 6.07. The van der Waals surface area contributed by atoms with Gasteiger partial charge in [0.15, 0.2) is 5.96 Å². The predicted molar refractivity (Wildman–Crippen MR) is 98.6 cm³/mol. The van der Waals surface area contributed by atoms with Crippen molar-refractivity contribution in [2.45, 2.75) is 24.0 Å². The number of thioether (sulfide) groups is 1. The summed E-state index contributed by atoms with van der Waals surface area (Å²) in [6.45, 7) is 0.795. The minimum Gasteiger partial charge on any atom is -0.497 e. The van der Waals surface area contributed by atoms with Crippen LogP contribution in [0.1, 0.15) is 19.3 Å². The van der Waals surface area contributed by atoms with Crippen LogP contribution < -0.4 is 15.8 Å². The fraction of sp³-hybridized carbons (Fsp3) is 0.500. The fourth-order valence-electron chi connectivity index (χ4n) is 2.09. The summed E-state index contributed by atoms with van der Waals surface area (Å²) < 4.78 is 5.44. The average molecular weight is 407 g/mol. The smallest absolute Gasteiger partial charge is 0.193 e. The van der Waals surface area contributed by atoms with Crippen molar-refractivity contribution in [3.63, 3.8) is 0 Å². The fourth-order valence-corrected chi connectivity index (χ4v) is 2.98. The van der Waals surface area contributed by atoms with Gasteiger partial charge < -0.3 is 15.8 Å². The van der Waals surface area contributed by atoms with Gasteiger partial charge in [-0.25, -0.2) is 0 Å². The zero-order chi connectivity index (χ0) is 13.7. The van der Waals surface area contributed by atoms with E-state index >= 15 is 0 Å². The van der Waals surface area contributed by atoms with Crippen molar-refractivity contribution in [1.29, 1.82) is 0 Å². The first-order valence-electron chi connectivity index (χ1n) is 6.44. The van der Waals surface area contributed by atoms with Crippen LogP contribution in [0.2, 0.25) is 0 Å². The van der Waals surface area contributed by atoms with Crippen LogP contribution in [0.3, 0.4) is 0 Å². The Hall–Kier alpha value is -0.630. The van der Waals surface area contributed by atoms with Crippen molar-refractivity contribution in [3.05, 3.63) is 24.3 Å². The van der Waals surface area contributed by atoms with E-state index in [0.29, 0.717) is 10.7 Å². The first kappa shape index (κ1) is 17.4. The molecule has 0 atom stereocenters. The van der Waals surface area contributed by atoms with E-state index in [4.69, 9.17) is 10.5 Å². The zero-order valence-corrected chi connectivity index (χ0v) is 15.0.